The number of imidazole rings is 1. The molecule has 8 nitrogen and oxygen atoms in total. The highest BCUT2D eigenvalue weighted by atomic mass is 16.5. The molecular weight excluding hydrogens is 336 g/mol. The molecule has 0 saturated carbocycles. The number of anilines is 1. The molecule has 3 rings (SSSR count). The van der Waals surface area contributed by atoms with Crippen LogP contribution in [0, 0.1) is 0 Å². The number of amides is 2. The summed E-state index contributed by atoms with van der Waals surface area (Å²) in [7, 11) is 0. The van der Waals surface area contributed by atoms with Gasteiger partial charge in [-0.1, -0.05) is 12.1 Å². The van der Waals surface area contributed by atoms with Crippen molar-refractivity contribution in [3.8, 4) is 5.75 Å². The van der Waals surface area contributed by atoms with Crippen LogP contribution in [0.5, 0.6) is 5.75 Å². The van der Waals surface area contributed by atoms with Crippen LogP contribution in [0.15, 0.2) is 47.3 Å². The largest absolute Gasteiger partial charge is 0.493 e. The number of ether oxygens (including phenoxy) is 1. The number of benzene rings is 2. The number of aromatic amines is 2. The van der Waals surface area contributed by atoms with E-state index in [1.807, 2.05) is 6.92 Å². The number of hydrogen-bond donors (Lipinski definition) is 4. The topological polar surface area (TPSA) is 116 Å². The van der Waals surface area contributed by atoms with Crippen molar-refractivity contribution < 1.29 is 14.3 Å². The maximum atomic E-state index is 12.3. The fraction of sp³-hybridized carbons (Fsp3) is 0.167. The van der Waals surface area contributed by atoms with Gasteiger partial charge in [0.15, 0.2) is 0 Å². The highest BCUT2D eigenvalue weighted by molar-refractivity contribution is 6.01. The molecule has 0 fully saturated rings. The number of H-pyrrole nitrogens is 2. The molecule has 1 aromatic heterocycles. The predicted molar refractivity (Wildman–Crippen MR) is 97.5 cm³/mol. The third-order valence-electron chi connectivity index (χ3n) is 3.64. The van der Waals surface area contributed by atoms with Crippen LogP contribution in [0.1, 0.15) is 17.3 Å². The Kier molecular flexibility index (Phi) is 5.02. The van der Waals surface area contributed by atoms with Gasteiger partial charge in [0.2, 0.25) is 5.91 Å². The number of fused-ring (bicyclic) bond motifs is 1. The quantitative estimate of drug-likeness (QED) is 0.538. The summed E-state index contributed by atoms with van der Waals surface area (Å²) < 4.78 is 5.41. The minimum atomic E-state index is -0.394. The van der Waals surface area contributed by atoms with Crippen molar-refractivity contribution in [2.75, 3.05) is 18.5 Å². The van der Waals surface area contributed by atoms with E-state index in [2.05, 4.69) is 20.6 Å². The summed E-state index contributed by atoms with van der Waals surface area (Å²) in [6.45, 7) is 2.08. The van der Waals surface area contributed by atoms with Crippen molar-refractivity contribution in [3.63, 3.8) is 0 Å². The fourth-order valence-electron chi connectivity index (χ4n) is 2.51. The van der Waals surface area contributed by atoms with Gasteiger partial charge in [0.25, 0.3) is 5.91 Å². The molecule has 0 aliphatic carbocycles. The monoisotopic (exact) mass is 354 g/mol. The second-order valence-electron chi connectivity index (χ2n) is 5.50. The second kappa shape index (κ2) is 7.56. The molecule has 0 spiro atoms. The zero-order chi connectivity index (χ0) is 18.5. The van der Waals surface area contributed by atoms with Gasteiger partial charge in [-0.05, 0) is 37.3 Å². The Bertz CT molecular complexity index is 1010. The normalized spacial score (nSPS) is 10.5. The van der Waals surface area contributed by atoms with Crippen LogP contribution in [0.4, 0.5) is 5.69 Å². The van der Waals surface area contributed by atoms with Gasteiger partial charge in [0.05, 0.1) is 29.7 Å². The molecule has 26 heavy (non-hydrogen) atoms. The summed E-state index contributed by atoms with van der Waals surface area (Å²) in [5.74, 6) is -0.311. The lowest BCUT2D eigenvalue weighted by Gasteiger charge is -2.10. The van der Waals surface area contributed by atoms with Crippen molar-refractivity contribution in [2.45, 2.75) is 6.92 Å². The molecule has 2 amide bonds. The molecule has 0 unspecified atom stereocenters. The maximum absolute atomic E-state index is 12.3. The first-order valence-electron chi connectivity index (χ1n) is 8.08. The Morgan fingerprint density at radius 2 is 1.85 bits per heavy atom. The van der Waals surface area contributed by atoms with E-state index >= 15 is 0 Å². The van der Waals surface area contributed by atoms with E-state index in [9.17, 15) is 14.4 Å². The van der Waals surface area contributed by atoms with Gasteiger partial charge < -0.3 is 25.3 Å². The summed E-state index contributed by atoms with van der Waals surface area (Å²) in [6, 6.07) is 11.8. The number of nitrogens with one attached hydrogen (secondary N) is 4. The number of hydrogen-bond acceptors (Lipinski definition) is 4. The molecule has 0 bridgehead atoms. The van der Waals surface area contributed by atoms with E-state index in [1.54, 1.807) is 42.5 Å². The first-order valence-corrected chi connectivity index (χ1v) is 8.08. The number of aromatic nitrogens is 2. The first kappa shape index (κ1) is 17.3. The van der Waals surface area contributed by atoms with E-state index in [-0.39, 0.29) is 18.1 Å². The minimum Gasteiger partial charge on any atom is -0.493 e. The number of para-hydroxylation sites is 1. The van der Waals surface area contributed by atoms with Gasteiger partial charge in [0.1, 0.15) is 5.75 Å². The fourth-order valence-corrected chi connectivity index (χ4v) is 2.51. The van der Waals surface area contributed by atoms with Crippen LogP contribution in [0.25, 0.3) is 11.0 Å². The smallest absolute Gasteiger partial charge is 0.323 e. The van der Waals surface area contributed by atoms with Crippen molar-refractivity contribution in [2.24, 2.45) is 0 Å². The van der Waals surface area contributed by atoms with Gasteiger partial charge in [-0.25, -0.2) is 4.79 Å². The van der Waals surface area contributed by atoms with Crippen LogP contribution in [0.3, 0.4) is 0 Å². The Balaban J connectivity index is 1.61. The van der Waals surface area contributed by atoms with E-state index in [0.717, 1.165) is 0 Å². The van der Waals surface area contributed by atoms with Crippen LogP contribution in [0.2, 0.25) is 0 Å². The van der Waals surface area contributed by atoms with E-state index in [1.165, 1.54) is 0 Å². The van der Waals surface area contributed by atoms with Gasteiger partial charge in [-0.15, -0.1) is 0 Å². The summed E-state index contributed by atoms with van der Waals surface area (Å²) in [5, 5.41) is 5.23. The molecule has 134 valence electrons. The molecule has 8 heteroatoms. The van der Waals surface area contributed by atoms with Gasteiger partial charge >= 0.3 is 5.69 Å². The average molecular weight is 354 g/mol. The number of carbonyl (C=O) groups excluding carboxylic acids is 2. The predicted octanol–water partition coefficient (Wildman–Crippen LogP) is 1.62. The lowest BCUT2D eigenvalue weighted by molar-refractivity contribution is -0.115. The molecule has 0 aliphatic heterocycles. The average Bonchev–Trinajstić information content (AvgIpc) is 3.00. The Hall–Kier alpha value is -3.55. The van der Waals surface area contributed by atoms with E-state index < -0.39 is 5.91 Å². The first-order chi connectivity index (χ1) is 12.6. The van der Waals surface area contributed by atoms with Crippen molar-refractivity contribution in [3.05, 3.63) is 58.5 Å². The second-order valence-corrected chi connectivity index (χ2v) is 5.50. The highest BCUT2D eigenvalue weighted by Crippen LogP contribution is 2.17. The lowest BCUT2D eigenvalue weighted by atomic mass is 10.2. The SMILES string of the molecule is CCOc1ccccc1C(=O)NCC(=O)Nc1ccc2[nH]c(=O)[nH]c2c1. The van der Waals surface area contributed by atoms with Crippen LogP contribution < -0.4 is 21.1 Å². The summed E-state index contributed by atoms with van der Waals surface area (Å²) in [4.78, 5) is 40.8. The zero-order valence-corrected chi connectivity index (χ0v) is 14.1. The molecule has 1 heterocycles. The summed E-state index contributed by atoms with van der Waals surface area (Å²) in [5.41, 5.74) is 1.80. The third-order valence-corrected chi connectivity index (χ3v) is 3.64. The summed E-state index contributed by atoms with van der Waals surface area (Å²) in [6.07, 6.45) is 0. The zero-order valence-electron chi connectivity index (χ0n) is 14.1. The van der Waals surface area contributed by atoms with E-state index in [4.69, 9.17) is 4.74 Å². The van der Waals surface area contributed by atoms with Crippen molar-refractivity contribution in [1.29, 1.82) is 0 Å². The Labute approximate surface area is 148 Å². The molecule has 2 aromatic carbocycles. The van der Waals surface area contributed by atoms with Gasteiger partial charge in [-0.2, -0.15) is 0 Å². The third kappa shape index (κ3) is 3.92. The molecule has 3 aromatic rings. The Morgan fingerprint density at radius 3 is 2.65 bits per heavy atom. The molecule has 4 N–H and O–H groups in total. The van der Waals surface area contributed by atoms with Crippen molar-refractivity contribution in [1.82, 2.24) is 15.3 Å². The molecule has 0 radical (unpaired) electrons. The van der Waals surface area contributed by atoms with Crippen LogP contribution in [-0.2, 0) is 4.79 Å². The summed E-state index contributed by atoms with van der Waals surface area (Å²) >= 11 is 0. The lowest BCUT2D eigenvalue weighted by Crippen LogP contribution is -2.33. The maximum Gasteiger partial charge on any atom is 0.323 e. The van der Waals surface area contributed by atoms with E-state index in [0.29, 0.717) is 34.6 Å². The molecule has 0 aliphatic rings. The molecular formula is C18H18N4O4. The minimum absolute atomic E-state index is 0.193. The van der Waals surface area contributed by atoms with Crippen molar-refractivity contribution >= 4 is 28.5 Å². The van der Waals surface area contributed by atoms with Crippen LogP contribution in [-0.4, -0.2) is 34.9 Å². The molecule has 0 atom stereocenters. The number of rotatable bonds is 6. The standard InChI is InChI=1S/C18H18N4O4/c1-2-26-15-6-4-3-5-12(15)17(24)19-10-16(23)20-11-7-8-13-14(9-11)22-18(25)21-13/h3-9H,2,10H2,1H3,(H,19,24)(H,20,23)(H2,21,22,25). The Morgan fingerprint density at radius 1 is 1.08 bits per heavy atom. The van der Waals surface area contributed by atoms with Gasteiger partial charge in [-0.3, -0.25) is 9.59 Å². The van der Waals surface area contributed by atoms with Crippen LogP contribution >= 0.6 is 0 Å². The highest BCUT2D eigenvalue weighted by Gasteiger charge is 2.13. The molecule has 0 saturated heterocycles. The van der Waals surface area contributed by atoms with Gasteiger partial charge in [0, 0.05) is 5.69 Å². The number of carbonyl (C=O) groups is 2.